The molecule has 1 aliphatic rings. The van der Waals surface area contributed by atoms with E-state index in [2.05, 4.69) is 4.72 Å². The Morgan fingerprint density at radius 3 is 2.19 bits per heavy atom. The molecule has 0 bridgehead atoms. The molecular weight excluding hydrogens is 356 g/mol. The third-order valence-corrected chi connectivity index (χ3v) is 5.85. The summed E-state index contributed by atoms with van der Waals surface area (Å²) in [5, 5.41) is 0. The number of sulfonamides is 1. The van der Waals surface area contributed by atoms with Crippen molar-refractivity contribution >= 4 is 21.9 Å². The Morgan fingerprint density at radius 2 is 1.62 bits per heavy atom. The largest absolute Gasteiger partial charge is 0.451 e. The number of esters is 1. The van der Waals surface area contributed by atoms with Crippen molar-refractivity contribution in [2.24, 2.45) is 0 Å². The maximum Gasteiger partial charge on any atom is 0.324 e. The van der Waals surface area contributed by atoms with Crippen LogP contribution >= 0.6 is 0 Å². The molecule has 8 heteroatoms. The summed E-state index contributed by atoms with van der Waals surface area (Å²) in [6.07, 6.45) is 3.13. The maximum absolute atomic E-state index is 12.4. The highest BCUT2D eigenvalue weighted by Crippen LogP contribution is 2.13. The van der Waals surface area contributed by atoms with Gasteiger partial charge >= 0.3 is 5.97 Å². The van der Waals surface area contributed by atoms with Crippen LogP contribution in [0, 0.1) is 0 Å². The molecule has 7 nitrogen and oxygen atoms in total. The molecule has 1 amide bonds. The topological polar surface area (TPSA) is 92.8 Å². The first kappa shape index (κ1) is 20.4. The van der Waals surface area contributed by atoms with Gasteiger partial charge in [-0.3, -0.25) is 9.59 Å². The molecule has 2 rings (SSSR count). The molecule has 1 unspecified atom stereocenters. The predicted octanol–water partition coefficient (Wildman–Crippen LogP) is 1.69. The highest BCUT2D eigenvalue weighted by molar-refractivity contribution is 7.89. The lowest BCUT2D eigenvalue weighted by atomic mass is 10.2. The number of amides is 1. The number of ether oxygens (including phenoxy) is 1. The van der Waals surface area contributed by atoms with Crippen LogP contribution in [0.3, 0.4) is 0 Å². The second kappa shape index (κ2) is 9.14. The number of carbonyl (C=O) groups excluding carboxylic acids is 2. The van der Waals surface area contributed by atoms with Gasteiger partial charge in [-0.1, -0.05) is 31.0 Å². The first-order valence-corrected chi connectivity index (χ1v) is 10.4. The number of benzene rings is 1. The van der Waals surface area contributed by atoms with Crippen molar-refractivity contribution in [3.8, 4) is 0 Å². The smallest absolute Gasteiger partial charge is 0.324 e. The normalized spacial score (nSPS) is 17.8. The Bertz CT molecular complexity index is 712. The fourth-order valence-electron chi connectivity index (χ4n) is 2.82. The number of hydrogen-bond acceptors (Lipinski definition) is 5. The minimum atomic E-state index is -3.83. The molecule has 1 heterocycles. The van der Waals surface area contributed by atoms with Crippen LogP contribution in [0.4, 0.5) is 0 Å². The Balaban J connectivity index is 1.92. The number of nitrogens with zero attached hydrogens (tertiary/aromatic N) is 1. The molecule has 2 atom stereocenters. The van der Waals surface area contributed by atoms with Gasteiger partial charge < -0.3 is 9.64 Å². The van der Waals surface area contributed by atoms with Gasteiger partial charge in [0, 0.05) is 13.1 Å². The number of carbonyl (C=O) groups is 2. The lowest BCUT2D eigenvalue weighted by Crippen LogP contribution is -2.45. The average Bonchev–Trinajstić information content (AvgIpc) is 2.90. The van der Waals surface area contributed by atoms with Crippen molar-refractivity contribution in [2.75, 3.05) is 13.1 Å². The molecule has 144 valence electrons. The fourth-order valence-corrected chi connectivity index (χ4v) is 4.04. The van der Waals surface area contributed by atoms with E-state index in [-0.39, 0.29) is 10.8 Å². The summed E-state index contributed by atoms with van der Waals surface area (Å²) in [6, 6.07) is 6.67. The number of likely N-dealkylation sites (tertiary alicyclic amines) is 1. The zero-order valence-electron chi connectivity index (χ0n) is 15.2. The van der Waals surface area contributed by atoms with E-state index >= 15 is 0 Å². The van der Waals surface area contributed by atoms with Gasteiger partial charge in [0.25, 0.3) is 5.91 Å². The number of nitrogens with one attached hydrogen (secondary N) is 1. The second-order valence-corrected chi connectivity index (χ2v) is 8.19. The quantitative estimate of drug-likeness (QED) is 0.756. The maximum atomic E-state index is 12.4. The highest BCUT2D eigenvalue weighted by Gasteiger charge is 2.28. The summed E-state index contributed by atoms with van der Waals surface area (Å²) >= 11 is 0. The summed E-state index contributed by atoms with van der Waals surface area (Å²) in [5.41, 5.74) is 0. The Morgan fingerprint density at radius 1 is 1.04 bits per heavy atom. The Hall–Kier alpha value is -1.93. The standard InChI is InChI=1S/C18H26N2O5S/c1-14(19-26(23,24)16-10-6-5-7-11-16)18(22)25-15(2)17(21)20-12-8-3-4-9-13-20/h5-7,10-11,14-15,19H,3-4,8-9,12-13H2,1-2H3/t14-,15?/m0/s1. The van der Waals surface area contributed by atoms with Crippen LogP contribution < -0.4 is 4.72 Å². The molecule has 0 aliphatic carbocycles. The molecule has 0 saturated carbocycles. The van der Waals surface area contributed by atoms with Crippen molar-refractivity contribution in [3.05, 3.63) is 30.3 Å². The van der Waals surface area contributed by atoms with E-state index in [1.165, 1.54) is 26.0 Å². The summed E-state index contributed by atoms with van der Waals surface area (Å²) < 4.78 is 32.0. The van der Waals surface area contributed by atoms with E-state index in [9.17, 15) is 18.0 Å². The minimum Gasteiger partial charge on any atom is -0.451 e. The lowest BCUT2D eigenvalue weighted by Gasteiger charge is -2.24. The van der Waals surface area contributed by atoms with Crippen molar-refractivity contribution < 1.29 is 22.7 Å². The minimum absolute atomic E-state index is 0.0633. The molecule has 0 aromatic heterocycles. The van der Waals surface area contributed by atoms with Crippen molar-refractivity contribution in [1.29, 1.82) is 0 Å². The molecule has 1 N–H and O–H groups in total. The van der Waals surface area contributed by atoms with E-state index in [1.54, 1.807) is 23.1 Å². The van der Waals surface area contributed by atoms with Gasteiger partial charge in [0.15, 0.2) is 6.10 Å². The molecule has 1 fully saturated rings. The van der Waals surface area contributed by atoms with Crippen LogP contribution in [0.1, 0.15) is 39.5 Å². The molecule has 1 aromatic carbocycles. The van der Waals surface area contributed by atoms with E-state index in [4.69, 9.17) is 4.74 Å². The molecular formula is C18H26N2O5S. The molecule has 1 aliphatic heterocycles. The summed E-state index contributed by atoms with van der Waals surface area (Å²) in [6.45, 7) is 4.24. The summed E-state index contributed by atoms with van der Waals surface area (Å²) in [5.74, 6) is -1.02. The monoisotopic (exact) mass is 382 g/mol. The van der Waals surface area contributed by atoms with Crippen molar-refractivity contribution in [1.82, 2.24) is 9.62 Å². The highest BCUT2D eigenvalue weighted by atomic mass is 32.2. The number of hydrogen-bond donors (Lipinski definition) is 1. The SMILES string of the molecule is CC(OC(=O)[C@H](C)NS(=O)(=O)c1ccccc1)C(=O)N1CCCCCC1. The number of rotatable bonds is 6. The van der Waals surface area contributed by atoms with E-state index in [1.807, 2.05) is 0 Å². The lowest BCUT2D eigenvalue weighted by molar-refractivity contribution is -0.160. The first-order valence-electron chi connectivity index (χ1n) is 8.88. The molecule has 1 saturated heterocycles. The van der Waals surface area contributed by atoms with Crippen molar-refractivity contribution in [2.45, 2.75) is 56.6 Å². The van der Waals surface area contributed by atoms with Crippen LogP contribution in [0.25, 0.3) is 0 Å². The van der Waals surface area contributed by atoms with Gasteiger partial charge in [0.1, 0.15) is 6.04 Å². The van der Waals surface area contributed by atoms with Gasteiger partial charge in [-0.05, 0) is 38.8 Å². The third-order valence-electron chi connectivity index (χ3n) is 4.30. The summed E-state index contributed by atoms with van der Waals surface area (Å²) in [4.78, 5) is 26.4. The zero-order chi connectivity index (χ0) is 19.2. The average molecular weight is 382 g/mol. The fraction of sp³-hybridized carbons (Fsp3) is 0.556. The summed E-state index contributed by atoms with van der Waals surface area (Å²) in [7, 11) is -3.83. The second-order valence-electron chi connectivity index (χ2n) is 6.47. The van der Waals surface area contributed by atoms with Gasteiger partial charge in [0.2, 0.25) is 10.0 Å². The van der Waals surface area contributed by atoms with Gasteiger partial charge in [-0.2, -0.15) is 4.72 Å². The van der Waals surface area contributed by atoms with Gasteiger partial charge in [-0.15, -0.1) is 0 Å². The zero-order valence-corrected chi connectivity index (χ0v) is 16.0. The van der Waals surface area contributed by atoms with E-state index < -0.39 is 28.1 Å². The first-order chi connectivity index (χ1) is 12.3. The molecule has 1 aromatic rings. The van der Waals surface area contributed by atoms with Crippen LogP contribution in [-0.4, -0.2) is 50.4 Å². The molecule has 26 heavy (non-hydrogen) atoms. The Labute approximate surface area is 154 Å². The molecule has 0 radical (unpaired) electrons. The third kappa shape index (κ3) is 5.54. The predicted molar refractivity (Wildman–Crippen MR) is 96.8 cm³/mol. The van der Waals surface area contributed by atoms with Crippen molar-refractivity contribution in [3.63, 3.8) is 0 Å². The van der Waals surface area contributed by atoms with Gasteiger partial charge in [0.05, 0.1) is 4.90 Å². The molecule has 0 spiro atoms. The van der Waals surface area contributed by atoms with Crippen LogP contribution in [0.15, 0.2) is 35.2 Å². The van der Waals surface area contributed by atoms with Crippen LogP contribution in [0.5, 0.6) is 0 Å². The van der Waals surface area contributed by atoms with Crippen LogP contribution in [0.2, 0.25) is 0 Å². The van der Waals surface area contributed by atoms with E-state index in [0.29, 0.717) is 13.1 Å². The van der Waals surface area contributed by atoms with E-state index in [0.717, 1.165) is 25.7 Å². The van der Waals surface area contributed by atoms with Crippen LogP contribution in [-0.2, 0) is 24.3 Å². The Kier molecular flexibility index (Phi) is 7.16. The van der Waals surface area contributed by atoms with Gasteiger partial charge in [-0.25, -0.2) is 8.42 Å².